The van der Waals surface area contributed by atoms with Crippen molar-refractivity contribution in [3.05, 3.63) is 0 Å². The number of rotatable bonds is 5. The molecule has 60 valence electrons. The first-order chi connectivity index (χ1) is 4.81. The maximum Gasteiger partial charge on any atom is 0.315 e. The maximum absolute atomic E-state index is 10.5. The fraction of sp³-hybridized carbons (Fsp3) is 0.833. The monoisotopic (exact) mass is 163 g/mol. The summed E-state index contributed by atoms with van der Waals surface area (Å²) in [7, 11) is 1.39. The largest absolute Gasteiger partial charge is 0.468 e. The molecule has 0 saturated carbocycles. The number of hydrogen-bond donors (Lipinski definition) is 1. The van der Waals surface area contributed by atoms with Gasteiger partial charge in [-0.05, 0) is 18.7 Å². The van der Waals surface area contributed by atoms with Crippen molar-refractivity contribution in [1.82, 2.24) is 0 Å². The molecule has 0 aromatic rings. The van der Waals surface area contributed by atoms with Gasteiger partial charge in [0.15, 0.2) is 0 Å². The van der Waals surface area contributed by atoms with Crippen LogP contribution >= 0.6 is 11.8 Å². The Morgan fingerprint density at radius 1 is 1.70 bits per heavy atom. The lowest BCUT2D eigenvalue weighted by Gasteiger charge is -1.97. The van der Waals surface area contributed by atoms with E-state index < -0.39 is 0 Å². The first kappa shape index (κ1) is 9.78. The molecule has 0 bridgehead atoms. The molecule has 10 heavy (non-hydrogen) atoms. The summed E-state index contributed by atoms with van der Waals surface area (Å²) >= 11 is 1.56. The Morgan fingerprint density at radius 3 is 2.90 bits per heavy atom. The molecule has 0 amide bonds. The van der Waals surface area contributed by atoms with Crippen LogP contribution < -0.4 is 5.73 Å². The normalized spacial score (nSPS) is 9.40. The zero-order valence-corrected chi connectivity index (χ0v) is 6.95. The van der Waals surface area contributed by atoms with Crippen molar-refractivity contribution < 1.29 is 9.53 Å². The molecule has 2 N–H and O–H groups in total. The summed E-state index contributed by atoms with van der Waals surface area (Å²) < 4.78 is 4.44. The summed E-state index contributed by atoms with van der Waals surface area (Å²) in [5, 5.41) is 0. The average molecular weight is 163 g/mol. The van der Waals surface area contributed by atoms with Crippen molar-refractivity contribution in [1.29, 1.82) is 0 Å². The minimum Gasteiger partial charge on any atom is -0.468 e. The Bertz CT molecular complexity index is 97.7. The van der Waals surface area contributed by atoms with Crippen LogP contribution in [0, 0.1) is 0 Å². The zero-order valence-electron chi connectivity index (χ0n) is 6.13. The van der Waals surface area contributed by atoms with Crippen LogP contribution in [0.3, 0.4) is 0 Å². The van der Waals surface area contributed by atoms with Gasteiger partial charge in [0.05, 0.1) is 12.9 Å². The molecular formula is C6H13NO2S. The van der Waals surface area contributed by atoms with E-state index in [1.54, 1.807) is 11.8 Å². The number of nitrogens with two attached hydrogens (primary N) is 1. The lowest BCUT2D eigenvalue weighted by atomic mass is 10.5. The molecule has 0 heterocycles. The molecule has 0 radical (unpaired) electrons. The third-order valence-electron chi connectivity index (χ3n) is 0.940. The van der Waals surface area contributed by atoms with Gasteiger partial charge in [0, 0.05) is 0 Å². The molecule has 0 aliphatic carbocycles. The van der Waals surface area contributed by atoms with E-state index in [4.69, 9.17) is 5.73 Å². The van der Waals surface area contributed by atoms with Gasteiger partial charge in [-0.25, -0.2) is 0 Å². The van der Waals surface area contributed by atoms with Gasteiger partial charge in [0.2, 0.25) is 0 Å². The lowest BCUT2D eigenvalue weighted by Crippen LogP contribution is -2.05. The second-order valence-corrected chi connectivity index (χ2v) is 2.88. The maximum atomic E-state index is 10.5. The minimum absolute atomic E-state index is 0.165. The summed E-state index contributed by atoms with van der Waals surface area (Å²) in [5.74, 6) is 1.21. The highest BCUT2D eigenvalue weighted by molar-refractivity contribution is 7.99. The highest BCUT2D eigenvalue weighted by Crippen LogP contribution is 2.01. The smallest absolute Gasteiger partial charge is 0.315 e. The fourth-order valence-electron chi connectivity index (χ4n) is 0.400. The van der Waals surface area contributed by atoms with Gasteiger partial charge in [-0.1, -0.05) is 0 Å². The Labute approximate surface area is 65.3 Å². The molecule has 0 fully saturated rings. The molecule has 3 nitrogen and oxygen atoms in total. The SMILES string of the molecule is COC(=O)CSCCCN. The Balaban J connectivity index is 2.96. The summed E-state index contributed by atoms with van der Waals surface area (Å²) in [6.45, 7) is 0.689. The number of esters is 1. The Kier molecular flexibility index (Phi) is 6.74. The number of methoxy groups -OCH3 is 1. The first-order valence-electron chi connectivity index (χ1n) is 3.16. The van der Waals surface area contributed by atoms with E-state index in [-0.39, 0.29) is 5.97 Å². The molecule has 0 atom stereocenters. The average Bonchev–Trinajstić information content (AvgIpc) is 1.98. The van der Waals surface area contributed by atoms with Crippen LogP contribution in [0.1, 0.15) is 6.42 Å². The predicted octanol–water partition coefficient (Wildman–Crippen LogP) is 0.241. The molecule has 0 aromatic heterocycles. The molecule has 0 rings (SSSR count). The summed E-state index contributed by atoms with van der Waals surface area (Å²) in [6, 6.07) is 0. The number of hydrogen-bond acceptors (Lipinski definition) is 4. The van der Waals surface area contributed by atoms with Crippen molar-refractivity contribution in [2.75, 3.05) is 25.2 Å². The third-order valence-corrected chi connectivity index (χ3v) is 1.96. The van der Waals surface area contributed by atoms with E-state index in [9.17, 15) is 4.79 Å². The molecule has 0 aromatic carbocycles. The molecular weight excluding hydrogens is 150 g/mol. The number of ether oxygens (including phenoxy) is 1. The molecule has 4 heteroatoms. The standard InChI is InChI=1S/C6H13NO2S/c1-9-6(8)5-10-4-2-3-7/h2-5,7H2,1H3. The van der Waals surface area contributed by atoms with Crippen molar-refractivity contribution in [2.45, 2.75) is 6.42 Å². The van der Waals surface area contributed by atoms with Gasteiger partial charge < -0.3 is 10.5 Å². The number of carbonyl (C=O) groups excluding carboxylic acids is 1. The van der Waals surface area contributed by atoms with Crippen LogP contribution in [0.25, 0.3) is 0 Å². The predicted molar refractivity (Wildman–Crippen MR) is 43.0 cm³/mol. The van der Waals surface area contributed by atoms with E-state index in [0.29, 0.717) is 12.3 Å². The van der Waals surface area contributed by atoms with E-state index in [0.717, 1.165) is 12.2 Å². The van der Waals surface area contributed by atoms with Crippen molar-refractivity contribution in [2.24, 2.45) is 5.73 Å². The summed E-state index contributed by atoms with van der Waals surface area (Å²) in [6.07, 6.45) is 0.960. The molecule has 0 spiro atoms. The van der Waals surface area contributed by atoms with Crippen LogP contribution in [0.2, 0.25) is 0 Å². The third kappa shape index (κ3) is 5.91. The Morgan fingerprint density at radius 2 is 2.40 bits per heavy atom. The van der Waals surface area contributed by atoms with Crippen molar-refractivity contribution in [3.63, 3.8) is 0 Å². The van der Waals surface area contributed by atoms with Crippen LogP contribution in [0.5, 0.6) is 0 Å². The molecule has 0 unspecified atom stereocenters. The summed E-state index contributed by atoms with van der Waals surface area (Å²) in [4.78, 5) is 10.5. The van der Waals surface area contributed by atoms with E-state index in [1.807, 2.05) is 0 Å². The van der Waals surface area contributed by atoms with Gasteiger partial charge in [0.1, 0.15) is 0 Å². The van der Waals surface area contributed by atoms with Crippen LogP contribution in [-0.2, 0) is 9.53 Å². The number of carbonyl (C=O) groups is 1. The highest BCUT2D eigenvalue weighted by Gasteiger charge is 1.97. The minimum atomic E-state index is -0.165. The van der Waals surface area contributed by atoms with E-state index >= 15 is 0 Å². The highest BCUT2D eigenvalue weighted by atomic mass is 32.2. The van der Waals surface area contributed by atoms with Gasteiger partial charge in [-0.2, -0.15) is 11.8 Å². The van der Waals surface area contributed by atoms with Gasteiger partial charge in [-0.3, -0.25) is 4.79 Å². The molecule has 0 aliphatic rings. The van der Waals surface area contributed by atoms with E-state index in [1.165, 1.54) is 7.11 Å². The number of thioether (sulfide) groups is 1. The molecule has 0 aliphatic heterocycles. The summed E-state index contributed by atoms with van der Waals surface area (Å²) in [5.41, 5.74) is 5.25. The van der Waals surface area contributed by atoms with Crippen molar-refractivity contribution >= 4 is 17.7 Å². The Hall–Kier alpha value is -0.220. The van der Waals surface area contributed by atoms with Gasteiger partial charge >= 0.3 is 5.97 Å². The van der Waals surface area contributed by atoms with Gasteiger partial charge in [0.25, 0.3) is 0 Å². The van der Waals surface area contributed by atoms with E-state index in [2.05, 4.69) is 4.74 Å². The first-order valence-corrected chi connectivity index (χ1v) is 4.31. The second kappa shape index (κ2) is 6.89. The van der Waals surface area contributed by atoms with Gasteiger partial charge in [-0.15, -0.1) is 0 Å². The van der Waals surface area contributed by atoms with Crippen LogP contribution in [0.4, 0.5) is 0 Å². The lowest BCUT2D eigenvalue weighted by molar-refractivity contribution is -0.137. The molecule has 0 saturated heterocycles. The zero-order chi connectivity index (χ0) is 7.82. The topological polar surface area (TPSA) is 52.3 Å². The van der Waals surface area contributed by atoms with Crippen LogP contribution in [0.15, 0.2) is 0 Å². The quantitative estimate of drug-likeness (QED) is 0.466. The van der Waals surface area contributed by atoms with Crippen molar-refractivity contribution in [3.8, 4) is 0 Å². The van der Waals surface area contributed by atoms with Crippen LogP contribution in [-0.4, -0.2) is 31.1 Å². The fourth-order valence-corrected chi connectivity index (χ4v) is 1.20. The second-order valence-electron chi connectivity index (χ2n) is 1.77.